The zero-order chi connectivity index (χ0) is 44.2. The van der Waals surface area contributed by atoms with Crippen LogP contribution in [-0.2, 0) is 42.9 Å². The second-order valence-corrected chi connectivity index (χ2v) is 16.2. The van der Waals surface area contributed by atoms with Crippen LogP contribution in [0.15, 0.2) is 24.3 Å². The number of hydrogen-bond donors (Lipinski definition) is 2. The fourth-order valence-corrected chi connectivity index (χ4v) is 6.55. The van der Waals surface area contributed by atoms with Crippen LogP contribution < -0.4 is 5.73 Å². The van der Waals surface area contributed by atoms with Gasteiger partial charge in [0.2, 0.25) is 0 Å². The number of esters is 4. The third-order valence-corrected chi connectivity index (χ3v) is 10.4. The summed E-state index contributed by atoms with van der Waals surface area (Å²) < 4.78 is 21.4. The summed E-state index contributed by atoms with van der Waals surface area (Å²) >= 11 is 0. The highest BCUT2D eigenvalue weighted by Gasteiger charge is 2.20. The van der Waals surface area contributed by atoms with Crippen molar-refractivity contribution in [1.82, 2.24) is 0 Å². The van der Waals surface area contributed by atoms with E-state index in [9.17, 15) is 24.0 Å². The van der Waals surface area contributed by atoms with Crippen LogP contribution >= 0.6 is 0 Å². The second kappa shape index (κ2) is 44.0. The molecule has 0 heterocycles. The molecule has 0 spiro atoms. The summed E-state index contributed by atoms with van der Waals surface area (Å²) in [4.78, 5) is 61.4. The predicted octanol–water partition coefficient (Wildman–Crippen LogP) is 11.1. The molecule has 0 aliphatic heterocycles. The largest absolute Gasteiger partial charge is 0.466 e. The zero-order valence-corrected chi connectivity index (χ0v) is 38.1. The van der Waals surface area contributed by atoms with Crippen LogP contribution in [0, 0.1) is 0 Å². The number of allylic oxidation sites excluding steroid dienone is 4. The van der Waals surface area contributed by atoms with E-state index in [1.165, 1.54) is 83.5 Å². The number of carbonyl (C=O) groups excluding carboxylic acids is 5. The summed E-state index contributed by atoms with van der Waals surface area (Å²) in [6.07, 6.45) is 38.7. The number of Topliss-reactive ketones (excluding diaryl/α,β-unsaturated/α-hetero) is 1. The molecular weight excluding hydrogens is 763 g/mol. The van der Waals surface area contributed by atoms with Gasteiger partial charge in [-0.05, 0) is 70.6 Å². The van der Waals surface area contributed by atoms with Gasteiger partial charge < -0.3 is 29.8 Å². The van der Waals surface area contributed by atoms with E-state index in [-0.39, 0.29) is 70.1 Å². The summed E-state index contributed by atoms with van der Waals surface area (Å²) in [6.45, 7) is 3.49. The maximum Gasteiger partial charge on any atom is 0.306 e. The van der Waals surface area contributed by atoms with Gasteiger partial charge in [0, 0.05) is 19.3 Å². The number of nitrogens with two attached hydrogens (primary N) is 1. The van der Waals surface area contributed by atoms with Gasteiger partial charge in [0.1, 0.15) is 13.2 Å². The third kappa shape index (κ3) is 40.4. The summed E-state index contributed by atoms with van der Waals surface area (Å²) in [5.74, 6) is -2.47. The summed E-state index contributed by atoms with van der Waals surface area (Å²) in [7, 11) is 0. The molecule has 348 valence electrons. The van der Waals surface area contributed by atoms with Crippen molar-refractivity contribution in [2.45, 2.75) is 231 Å². The number of ether oxygens (including phenoxy) is 4. The first-order valence-corrected chi connectivity index (χ1v) is 24.1. The lowest BCUT2D eigenvalue weighted by molar-refractivity contribution is -0.167. The van der Waals surface area contributed by atoms with Gasteiger partial charge in [0.25, 0.3) is 0 Å². The molecule has 0 rings (SSSR count). The molecule has 0 aliphatic carbocycles. The van der Waals surface area contributed by atoms with Crippen LogP contribution in [0.1, 0.15) is 219 Å². The molecule has 0 radical (unpaired) electrons. The zero-order valence-electron chi connectivity index (χ0n) is 38.1. The highest BCUT2D eigenvalue weighted by molar-refractivity contribution is 5.83. The average molecular weight is 850 g/mol. The maximum absolute atomic E-state index is 12.7. The monoisotopic (exact) mass is 850 g/mol. The minimum absolute atomic E-state index is 0.0190. The molecule has 1 unspecified atom stereocenters. The van der Waals surface area contributed by atoms with Gasteiger partial charge in [-0.1, -0.05) is 141 Å². The Morgan fingerprint density at radius 1 is 0.450 bits per heavy atom. The molecule has 0 aromatic carbocycles. The van der Waals surface area contributed by atoms with Crippen LogP contribution in [0.2, 0.25) is 0 Å². The number of aliphatic hydroxyl groups excluding tert-OH is 1. The Bertz CT molecular complexity index is 1120. The number of rotatable bonds is 44. The van der Waals surface area contributed by atoms with Gasteiger partial charge in [-0.2, -0.15) is 0 Å². The van der Waals surface area contributed by atoms with E-state index in [0.717, 1.165) is 70.6 Å². The van der Waals surface area contributed by atoms with Gasteiger partial charge in [-0.25, -0.2) is 0 Å². The predicted molar refractivity (Wildman–Crippen MR) is 240 cm³/mol. The number of aliphatic hydroxyl groups is 1. The normalized spacial score (nSPS) is 12.5. The Hall–Kier alpha value is -3.05. The molecule has 0 saturated heterocycles. The highest BCUT2D eigenvalue weighted by atomic mass is 16.6. The van der Waals surface area contributed by atoms with Crippen LogP contribution in [0.3, 0.4) is 0 Å². The van der Waals surface area contributed by atoms with Crippen molar-refractivity contribution in [1.29, 1.82) is 0 Å². The van der Waals surface area contributed by atoms with Gasteiger partial charge in [-0.3, -0.25) is 24.0 Å². The van der Waals surface area contributed by atoms with Crippen molar-refractivity contribution in [2.75, 3.05) is 26.4 Å². The van der Waals surface area contributed by atoms with Gasteiger partial charge in [-0.15, -0.1) is 0 Å². The molecule has 0 aromatic rings. The van der Waals surface area contributed by atoms with Crippen molar-refractivity contribution < 1.29 is 48.0 Å². The molecule has 0 saturated carbocycles. The molecule has 0 aliphatic rings. The molecule has 11 heteroatoms. The quantitative estimate of drug-likeness (QED) is 0.0259. The van der Waals surface area contributed by atoms with Crippen molar-refractivity contribution >= 4 is 29.7 Å². The lowest BCUT2D eigenvalue weighted by atomic mass is 10.1. The SMILES string of the molecule is CCCCCCCC/C=C\CCCCCCCC(=O)OC[C@@H](COC(=O)CCC(=O)OCCCC(=O)C(N)CO)OC(=O)CCCCCCC/C=C\CCCCCCCC. The first-order valence-electron chi connectivity index (χ1n) is 24.1. The summed E-state index contributed by atoms with van der Waals surface area (Å²) in [6, 6.07) is -0.953. The number of ketones is 1. The minimum atomic E-state index is -0.961. The Balaban J connectivity index is 4.51. The van der Waals surface area contributed by atoms with Gasteiger partial charge in [0.15, 0.2) is 11.9 Å². The van der Waals surface area contributed by atoms with E-state index in [4.69, 9.17) is 29.8 Å². The molecule has 0 fully saturated rings. The molecule has 0 bridgehead atoms. The topological polar surface area (TPSA) is 169 Å². The van der Waals surface area contributed by atoms with E-state index in [0.29, 0.717) is 12.8 Å². The smallest absolute Gasteiger partial charge is 0.306 e. The highest BCUT2D eigenvalue weighted by Crippen LogP contribution is 2.13. The first-order chi connectivity index (χ1) is 29.2. The van der Waals surface area contributed by atoms with E-state index >= 15 is 0 Å². The summed E-state index contributed by atoms with van der Waals surface area (Å²) in [5.41, 5.74) is 5.47. The Morgan fingerprint density at radius 2 is 0.817 bits per heavy atom. The van der Waals surface area contributed by atoms with Crippen LogP contribution in [0.5, 0.6) is 0 Å². The van der Waals surface area contributed by atoms with Gasteiger partial charge in [0.05, 0.1) is 32.1 Å². The van der Waals surface area contributed by atoms with E-state index in [1.54, 1.807) is 0 Å². The standard InChI is InChI=1S/C49H87NO10/c1-3-5-7-9-11-13-15-17-19-21-23-25-27-29-31-35-46(53)58-41-43(42-59-48(55)38-37-47(54)57-39-33-34-45(52)44(50)40-51)60-49(56)36-32-30-28-26-24-22-20-18-16-14-12-10-8-6-4-2/h17-20,43-44,51H,3-16,21-42,50H2,1-2H3/b19-17-,20-18-/t43-,44?/m0/s1. The number of unbranched alkanes of at least 4 members (excludes halogenated alkanes) is 22. The van der Waals surface area contributed by atoms with Crippen molar-refractivity contribution in [3.05, 3.63) is 24.3 Å². The maximum atomic E-state index is 12.7. The molecular formula is C49H87NO10. The molecule has 11 nitrogen and oxygen atoms in total. The Labute approximate surface area is 364 Å². The number of carbonyl (C=O) groups is 5. The van der Waals surface area contributed by atoms with Crippen molar-refractivity contribution in [2.24, 2.45) is 5.73 Å². The minimum Gasteiger partial charge on any atom is -0.466 e. The molecule has 0 amide bonds. The second-order valence-electron chi connectivity index (χ2n) is 16.2. The Morgan fingerprint density at radius 3 is 1.25 bits per heavy atom. The van der Waals surface area contributed by atoms with E-state index in [2.05, 4.69) is 38.2 Å². The first kappa shape index (κ1) is 57.0. The molecule has 2 atom stereocenters. The van der Waals surface area contributed by atoms with E-state index < -0.39 is 36.7 Å². The van der Waals surface area contributed by atoms with Crippen molar-refractivity contribution in [3.8, 4) is 0 Å². The van der Waals surface area contributed by atoms with Crippen LogP contribution in [-0.4, -0.2) is 73.3 Å². The Kier molecular flexibility index (Phi) is 41.8. The van der Waals surface area contributed by atoms with Crippen LogP contribution in [0.25, 0.3) is 0 Å². The third-order valence-electron chi connectivity index (χ3n) is 10.4. The summed E-state index contributed by atoms with van der Waals surface area (Å²) in [5, 5.41) is 8.94. The van der Waals surface area contributed by atoms with E-state index in [1.807, 2.05) is 0 Å². The van der Waals surface area contributed by atoms with Crippen molar-refractivity contribution in [3.63, 3.8) is 0 Å². The fourth-order valence-electron chi connectivity index (χ4n) is 6.55. The van der Waals surface area contributed by atoms with Gasteiger partial charge >= 0.3 is 23.9 Å². The number of hydrogen-bond acceptors (Lipinski definition) is 11. The fraction of sp³-hybridized carbons (Fsp3) is 0.816. The lowest BCUT2D eigenvalue weighted by Gasteiger charge is -2.18. The molecule has 0 aromatic heterocycles. The molecule has 60 heavy (non-hydrogen) atoms. The van der Waals surface area contributed by atoms with Crippen LogP contribution in [0.4, 0.5) is 0 Å². The molecule has 3 N–H and O–H groups in total. The average Bonchev–Trinajstić information content (AvgIpc) is 3.24. The lowest BCUT2D eigenvalue weighted by Crippen LogP contribution is -2.34.